The number of aliphatic hydroxyl groups excluding tert-OH is 1. The van der Waals surface area contributed by atoms with Gasteiger partial charge in [0.2, 0.25) is 0 Å². The summed E-state index contributed by atoms with van der Waals surface area (Å²) in [6, 6.07) is 4.13. The maximum atomic E-state index is 10.5. The van der Waals surface area contributed by atoms with E-state index in [1.807, 2.05) is 6.92 Å². The lowest BCUT2D eigenvalue weighted by Gasteiger charge is -2.13. The van der Waals surface area contributed by atoms with Crippen LogP contribution in [0.3, 0.4) is 0 Å². The van der Waals surface area contributed by atoms with Crippen molar-refractivity contribution in [1.82, 2.24) is 0 Å². The van der Waals surface area contributed by atoms with Gasteiger partial charge in [-0.2, -0.15) is 0 Å². The van der Waals surface area contributed by atoms with E-state index in [1.54, 1.807) is 0 Å². The number of aliphatic carboxylic acids is 1. The van der Waals surface area contributed by atoms with E-state index in [2.05, 4.69) is 91.8 Å². The first kappa shape index (κ1) is 21.4. The van der Waals surface area contributed by atoms with E-state index in [9.17, 15) is 4.79 Å². The van der Waals surface area contributed by atoms with E-state index in [4.69, 9.17) is 10.2 Å². The molecule has 1 rings (SSSR count). The molecule has 1 aromatic carbocycles. The van der Waals surface area contributed by atoms with Crippen LogP contribution in [0, 0.1) is 10.7 Å². The highest BCUT2D eigenvalue weighted by Crippen LogP contribution is 2.28. The minimum absolute atomic E-state index is 0.101. The van der Waals surface area contributed by atoms with Crippen LogP contribution in [-0.2, 0) is 4.79 Å². The van der Waals surface area contributed by atoms with Gasteiger partial charge in [-0.05, 0) is 92.7 Å². The fourth-order valence-corrected chi connectivity index (χ4v) is 5.01. The van der Waals surface area contributed by atoms with Crippen LogP contribution in [-0.4, -0.2) is 22.8 Å². The summed E-state index contributed by atoms with van der Waals surface area (Å²) in [5.74, 6) is -0.806. The zero-order chi connectivity index (χ0) is 16.4. The Labute approximate surface area is 166 Å². The molecule has 0 heterocycles. The standard InChI is InChI=1S/C11H10I3NO2.C3H8O/c1-6(2-3-10(16)17)15-11-8(13)4-7(12)5-9(11)14;1-2-3-4/h4-5,15H,1-3H2,(H,16,17);4H,2-3H2,1H3. The second kappa shape index (κ2) is 11.9. The van der Waals surface area contributed by atoms with Crippen molar-refractivity contribution >= 4 is 79.4 Å². The van der Waals surface area contributed by atoms with Crippen LogP contribution in [0.25, 0.3) is 0 Å². The Bertz CT molecular complexity index is 467. The maximum Gasteiger partial charge on any atom is 0.303 e. The van der Waals surface area contributed by atoms with Crippen LogP contribution < -0.4 is 5.32 Å². The first-order valence-electron chi connectivity index (χ1n) is 6.23. The number of nitrogens with one attached hydrogen (secondary N) is 1. The smallest absolute Gasteiger partial charge is 0.303 e. The number of rotatable bonds is 6. The number of halogens is 3. The number of benzene rings is 1. The maximum absolute atomic E-state index is 10.5. The van der Waals surface area contributed by atoms with E-state index in [0.717, 1.165) is 24.9 Å². The second-order valence-corrected chi connectivity index (χ2v) is 7.66. The number of allylic oxidation sites excluding steroid dienone is 1. The van der Waals surface area contributed by atoms with E-state index in [-0.39, 0.29) is 6.42 Å². The number of hydrogen-bond donors (Lipinski definition) is 3. The molecule has 21 heavy (non-hydrogen) atoms. The van der Waals surface area contributed by atoms with Gasteiger partial charge in [0.05, 0.1) is 12.1 Å². The molecule has 0 amide bonds. The molecule has 0 spiro atoms. The molecule has 7 heteroatoms. The minimum atomic E-state index is -0.806. The van der Waals surface area contributed by atoms with Crippen LogP contribution in [0.2, 0.25) is 0 Å². The lowest BCUT2D eigenvalue weighted by Crippen LogP contribution is -2.05. The molecule has 0 unspecified atom stereocenters. The Morgan fingerprint density at radius 2 is 1.71 bits per heavy atom. The molecule has 0 saturated heterocycles. The van der Waals surface area contributed by atoms with Crippen molar-refractivity contribution in [3.05, 3.63) is 35.1 Å². The molecule has 1 aromatic rings. The van der Waals surface area contributed by atoms with E-state index in [0.29, 0.717) is 13.0 Å². The van der Waals surface area contributed by atoms with E-state index >= 15 is 0 Å². The monoisotopic (exact) mass is 629 g/mol. The van der Waals surface area contributed by atoms with Gasteiger partial charge in [0, 0.05) is 23.0 Å². The van der Waals surface area contributed by atoms with Gasteiger partial charge >= 0.3 is 5.97 Å². The van der Waals surface area contributed by atoms with Gasteiger partial charge < -0.3 is 15.5 Å². The highest BCUT2D eigenvalue weighted by molar-refractivity contribution is 14.1. The fourth-order valence-electron chi connectivity index (χ4n) is 1.16. The van der Waals surface area contributed by atoms with Crippen molar-refractivity contribution in [2.45, 2.75) is 26.2 Å². The Morgan fingerprint density at radius 1 is 1.24 bits per heavy atom. The van der Waals surface area contributed by atoms with Crippen LogP contribution in [0.5, 0.6) is 0 Å². The molecular formula is C14H18I3NO3. The van der Waals surface area contributed by atoms with Gasteiger partial charge in [0.1, 0.15) is 0 Å². The number of carbonyl (C=O) groups is 1. The normalized spacial score (nSPS) is 9.57. The molecule has 0 saturated carbocycles. The predicted octanol–water partition coefficient (Wildman–Crippen LogP) is 4.68. The molecule has 0 atom stereocenters. The molecule has 0 aliphatic carbocycles. The lowest BCUT2D eigenvalue weighted by atomic mass is 10.2. The van der Waals surface area contributed by atoms with Crippen molar-refractivity contribution < 1.29 is 15.0 Å². The fraction of sp³-hybridized carbons (Fsp3) is 0.357. The summed E-state index contributed by atoms with van der Waals surface area (Å²) in [4.78, 5) is 10.5. The first-order valence-corrected chi connectivity index (χ1v) is 9.47. The zero-order valence-electron chi connectivity index (χ0n) is 11.6. The molecular weight excluding hydrogens is 611 g/mol. The summed E-state index contributed by atoms with van der Waals surface area (Å²) >= 11 is 6.78. The number of anilines is 1. The molecule has 3 N–H and O–H groups in total. The highest BCUT2D eigenvalue weighted by atomic mass is 127. The van der Waals surface area contributed by atoms with Gasteiger partial charge in [-0.25, -0.2) is 0 Å². The highest BCUT2D eigenvalue weighted by Gasteiger charge is 2.08. The van der Waals surface area contributed by atoms with Gasteiger partial charge in [-0.3, -0.25) is 4.79 Å². The van der Waals surface area contributed by atoms with Gasteiger partial charge in [0.15, 0.2) is 0 Å². The molecule has 4 nitrogen and oxygen atoms in total. The van der Waals surface area contributed by atoms with Crippen molar-refractivity contribution in [3.8, 4) is 0 Å². The minimum Gasteiger partial charge on any atom is -0.481 e. The molecule has 0 bridgehead atoms. The third kappa shape index (κ3) is 9.89. The third-order valence-corrected chi connectivity index (χ3v) is 4.50. The van der Waals surface area contributed by atoms with Crippen LogP contribution in [0.1, 0.15) is 26.2 Å². The predicted molar refractivity (Wildman–Crippen MR) is 112 cm³/mol. The van der Waals surface area contributed by atoms with Gasteiger partial charge in [-0.15, -0.1) is 0 Å². The Kier molecular flexibility index (Phi) is 12.1. The van der Waals surface area contributed by atoms with Crippen molar-refractivity contribution in [2.75, 3.05) is 11.9 Å². The van der Waals surface area contributed by atoms with Crippen LogP contribution in [0.4, 0.5) is 5.69 Å². The van der Waals surface area contributed by atoms with Crippen molar-refractivity contribution in [3.63, 3.8) is 0 Å². The second-order valence-electron chi connectivity index (χ2n) is 4.09. The van der Waals surface area contributed by atoms with Crippen molar-refractivity contribution in [1.29, 1.82) is 0 Å². The van der Waals surface area contributed by atoms with Gasteiger partial charge in [0.25, 0.3) is 0 Å². The molecule has 0 aromatic heterocycles. The summed E-state index contributed by atoms with van der Waals surface area (Å²) in [6.45, 7) is 6.09. The molecule has 118 valence electrons. The number of carboxylic acids is 1. The largest absolute Gasteiger partial charge is 0.481 e. The summed E-state index contributed by atoms with van der Waals surface area (Å²) in [5, 5.41) is 19.7. The van der Waals surface area contributed by atoms with Gasteiger partial charge in [-0.1, -0.05) is 13.5 Å². The zero-order valence-corrected chi connectivity index (χ0v) is 18.1. The SMILES string of the molecule is C=C(CCC(=O)O)Nc1c(I)cc(I)cc1I.CCCO. The Morgan fingerprint density at radius 3 is 2.10 bits per heavy atom. The number of aliphatic hydroxyl groups is 1. The Balaban J connectivity index is 0.000000885. The van der Waals surface area contributed by atoms with E-state index in [1.165, 1.54) is 3.57 Å². The topological polar surface area (TPSA) is 69.6 Å². The molecule has 0 radical (unpaired) electrons. The average molecular weight is 629 g/mol. The van der Waals surface area contributed by atoms with Crippen LogP contribution >= 0.6 is 67.8 Å². The number of hydrogen-bond acceptors (Lipinski definition) is 3. The molecule has 0 aliphatic rings. The summed E-state index contributed by atoms with van der Waals surface area (Å²) in [6.07, 6.45) is 1.41. The summed E-state index contributed by atoms with van der Waals surface area (Å²) in [5.41, 5.74) is 1.73. The van der Waals surface area contributed by atoms with Crippen molar-refractivity contribution in [2.24, 2.45) is 0 Å². The summed E-state index contributed by atoms with van der Waals surface area (Å²) in [7, 11) is 0. The van der Waals surface area contributed by atoms with E-state index < -0.39 is 5.97 Å². The average Bonchev–Trinajstić information content (AvgIpc) is 2.40. The van der Waals surface area contributed by atoms with Crippen LogP contribution in [0.15, 0.2) is 24.4 Å². The molecule has 0 aliphatic heterocycles. The quantitative estimate of drug-likeness (QED) is 0.401. The Hall–Kier alpha value is 0.380. The third-order valence-electron chi connectivity index (χ3n) is 2.17. The lowest BCUT2D eigenvalue weighted by molar-refractivity contribution is -0.136. The molecule has 0 fully saturated rings. The number of carboxylic acid groups (broad SMARTS) is 1. The first-order chi connectivity index (χ1) is 9.81. The summed E-state index contributed by atoms with van der Waals surface area (Å²) < 4.78 is 3.39.